The standard InChI is InChI=1S/3C10H8OS.H3O3P/c3*11-9-6-5-7-3-1-2-4-8(7)10(9)12;1-4(2)3/h3*1-6,11-12H;1-3H. The molecule has 0 saturated carbocycles. The van der Waals surface area contributed by atoms with Gasteiger partial charge >= 0.3 is 8.60 Å². The minimum atomic E-state index is -2.62. The monoisotopic (exact) mass is 610 g/mol. The number of benzene rings is 6. The highest BCUT2D eigenvalue weighted by molar-refractivity contribution is 7.81. The summed E-state index contributed by atoms with van der Waals surface area (Å²) in [5, 5.41) is 34.3. The fraction of sp³-hybridized carbons (Fsp3) is 0. The Morgan fingerprint density at radius 2 is 0.600 bits per heavy atom. The minimum Gasteiger partial charge on any atom is -0.507 e. The van der Waals surface area contributed by atoms with Crippen molar-refractivity contribution >= 4 is 78.8 Å². The van der Waals surface area contributed by atoms with Crippen molar-refractivity contribution in [2.45, 2.75) is 14.7 Å². The second-order valence-corrected chi connectivity index (χ2v) is 10.1. The molecule has 6 aromatic carbocycles. The van der Waals surface area contributed by atoms with Gasteiger partial charge in [-0.05, 0) is 50.5 Å². The van der Waals surface area contributed by atoms with E-state index in [2.05, 4.69) is 37.9 Å². The third-order valence-electron chi connectivity index (χ3n) is 5.64. The lowest BCUT2D eigenvalue weighted by Gasteiger charge is -2.02. The molecule has 0 heterocycles. The Bertz CT molecular complexity index is 1530. The van der Waals surface area contributed by atoms with E-state index in [0.717, 1.165) is 32.3 Å². The fourth-order valence-corrected chi connectivity index (χ4v) is 4.57. The molecule has 0 aliphatic heterocycles. The Balaban J connectivity index is 0.000000155. The molecule has 6 nitrogen and oxygen atoms in total. The molecule has 0 amide bonds. The lowest BCUT2D eigenvalue weighted by Crippen LogP contribution is -1.74. The summed E-state index contributed by atoms with van der Waals surface area (Å²) in [4.78, 5) is 23.6. The third kappa shape index (κ3) is 8.43. The quantitative estimate of drug-likeness (QED) is 0.0642. The van der Waals surface area contributed by atoms with E-state index in [0.29, 0.717) is 14.7 Å². The van der Waals surface area contributed by atoms with Gasteiger partial charge < -0.3 is 30.0 Å². The molecule has 0 radical (unpaired) electrons. The smallest absolute Gasteiger partial charge is 0.324 e. The molecule has 0 spiro atoms. The van der Waals surface area contributed by atoms with Crippen molar-refractivity contribution in [3.05, 3.63) is 109 Å². The molecule has 6 rings (SSSR count). The van der Waals surface area contributed by atoms with Gasteiger partial charge in [0.25, 0.3) is 0 Å². The average molecular weight is 611 g/mol. The van der Waals surface area contributed by atoms with Crippen molar-refractivity contribution in [2.75, 3.05) is 0 Å². The van der Waals surface area contributed by atoms with Gasteiger partial charge in [0.1, 0.15) is 17.2 Å². The van der Waals surface area contributed by atoms with Gasteiger partial charge in [-0.3, -0.25) is 0 Å². The lowest BCUT2D eigenvalue weighted by molar-refractivity contribution is 0.368. The molecule has 206 valence electrons. The summed E-state index contributed by atoms with van der Waals surface area (Å²) in [6.45, 7) is 0. The zero-order valence-corrected chi connectivity index (χ0v) is 24.4. The van der Waals surface area contributed by atoms with Crippen molar-refractivity contribution in [2.24, 2.45) is 0 Å². The van der Waals surface area contributed by atoms with Crippen LogP contribution in [0.2, 0.25) is 0 Å². The maximum atomic E-state index is 9.34. The Labute approximate surface area is 249 Å². The highest BCUT2D eigenvalue weighted by atomic mass is 32.1. The predicted octanol–water partition coefficient (Wildman–Crippen LogP) is 7.69. The first-order chi connectivity index (χ1) is 19.1. The van der Waals surface area contributed by atoms with E-state index in [1.807, 2.05) is 91.0 Å². The van der Waals surface area contributed by atoms with E-state index in [-0.39, 0.29) is 17.2 Å². The van der Waals surface area contributed by atoms with Crippen LogP contribution in [0.5, 0.6) is 17.2 Å². The van der Waals surface area contributed by atoms with E-state index < -0.39 is 8.60 Å². The molecule has 0 fully saturated rings. The number of phenols is 3. The van der Waals surface area contributed by atoms with Crippen LogP contribution in [0.25, 0.3) is 32.3 Å². The highest BCUT2D eigenvalue weighted by Crippen LogP contribution is 2.31. The van der Waals surface area contributed by atoms with Gasteiger partial charge in [0.2, 0.25) is 0 Å². The van der Waals surface area contributed by atoms with Gasteiger partial charge in [0.15, 0.2) is 0 Å². The van der Waals surface area contributed by atoms with Crippen LogP contribution < -0.4 is 0 Å². The first kappa shape index (κ1) is 31.4. The Hall–Kier alpha value is -3.14. The summed E-state index contributed by atoms with van der Waals surface area (Å²) in [5.74, 6) is 0.700. The number of aromatic hydroxyl groups is 3. The van der Waals surface area contributed by atoms with Crippen LogP contribution in [-0.4, -0.2) is 30.0 Å². The van der Waals surface area contributed by atoms with Gasteiger partial charge in [-0.2, -0.15) is 0 Å². The minimum absolute atomic E-state index is 0.233. The molecular formula is C30H27O6PS3. The summed E-state index contributed by atoms with van der Waals surface area (Å²) < 4.78 is 0. The Morgan fingerprint density at radius 1 is 0.375 bits per heavy atom. The van der Waals surface area contributed by atoms with Crippen LogP contribution in [0, 0.1) is 0 Å². The van der Waals surface area contributed by atoms with Gasteiger partial charge in [-0.1, -0.05) is 91.0 Å². The maximum Gasteiger partial charge on any atom is 0.324 e. The van der Waals surface area contributed by atoms with Crippen molar-refractivity contribution in [1.29, 1.82) is 0 Å². The van der Waals surface area contributed by atoms with Crippen molar-refractivity contribution in [1.82, 2.24) is 0 Å². The van der Waals surface area contributed by atoms with E-state index in [1.54, 1.807) is 18.2 Å². The van der Waals surface area contributed by atoms with Crippen LogP contribution in [-0.2, 0) is 0 Å². The molecule has 0 atom stereocenters. The number of thiol groups is 3. The molecule has 0 unspecified atom stereocenters. The van der Waals surface area contributed by atoms with Crippen molar-refractivity contribution < 1.29 is 30.0 Å². The van der Waals surface area contributed by atoms with Crippen LogP contribution in [0.3, 0.4) is 0 Å². The Morgan fingerprint density at radius 3 is 0.850 bits per heavy atom. The van der Waals surface area contributed by atoms with Crippen LogP contribution in [0.15, 0.2) is 124 Å². The lowest BCUT2D eigenvalue weighted by atomic mass is 10.1. The zero-order valence-electron chi connectivity index (χ0n) is 20.9. The topological polar surface area (TPSA) is 121 Å². The summed E-state index contributed by atoms with van der Waals surface area (Å²) in [7, 11) is -2.62. The second kappa shape index (κ2) is 15.0. The molecule has 0 saturated heterocycles. The molecule has 6 aromatic rings. The summed E-state index contributed by atoms with van der Waals surface area (Å²) in [5.41, 5.74) is 0. The molecule has 0 aliphatic rings. The SMILES string of the molecule is OP(O)O.Oc1ccc2ccccc2c1S.Oc1ccc2ccccc2c1S.Oc1ccc2ccccc2c1S. The number of hydrogen-bond acceptors (Lipinski definition) is 9. The van der Waals surface area contributed by atoms with Crippen LogP contribution in [0.4, 0.5) is 0 Å². The van der Waals surface area contributed by atoms with Crippen molar-refractivity contribution in [3.63, 3.8) is 0 Å². The molecule has 0 bridgehead atoms. The largest absolute Gasteiger partial charge is 0.507 e. The Kier molecular flexibility index (Phi) is 11.8. The molecule has 10 heteroatoms. The van der Waals surface area contributed by atoms with E-state index >= 15 is 0 Å². The van der Waals surface area contributed by atoms with Crippen LogP contribution in [0.1, 0.15) is 0 Å². The number of phenolic OH excluding ortho intramolecular Hbond substituents is 3. The normalized spacial score (nSPS) is 10.3. The van der Waals surface area contributed by atoms with Crippen molar-refractivity contribution in [3.8, 4) is 17.2 Å². The molecule has 40 heavy (non-hydrogen) atoms. The number of hydrogen-bond donors (Lipinski definition) is 9. The maximum absolute atomic E-state index is 9.34. The highest BCUT2D eigenvalue weighted by Gasteiger charge is 2.02. The first-order valence-corrected chi connectivity index (χ1v) is 14.2. The van der Waals surface area contributed by atoms with E-state index in [4.69, 9.17) is 14.7 Å². The molecular weight excluding hydrogens is 583 g/mol. The fourth-order valence-electron chi connectivity index (χ4n) is 3.73. The summed E-state index contributed by atoms with van der Waals surface area (Å²) in [6, 6.07) is 34.1. The third-order valence-corrected chi connectivity index (χ3v) is 7.05. The summed E-state index contributed by atoms with van der Waals surface area (Å²) in [6.07, 6.45) is 0. The van der Waals surface area contributed by atoms with Gasteiger partial charge in [0.05, 0.1) is 14.7 Å². The van der Waals surface area contributed by atoms with E-state index in [1.165, 1.54) is 0 Å². The zero-order chi connectivity index (χ0) is 29.2. The number of rotatable bonds is 0. The average Bonchev–Trinajstić information content (AvgIpc) is 2.96. The van der Waals surface area contributed by atoms with Gasteiger partial charge in [-0.15, -0.1) is 37.9 Å². The predicted molar refractivity (Wildman–Crippen MR) is 172 cm³/mol. The number of fused-ring (bicyclic) bond motifs is 3. The van der Waals surface area contributed by atoms with Gasteiger partial charge in [-0.25, -0.2) is 0 Å². The molecule has 0 aliphatic carbocycles. The first-order valence-electron chi connectivity index (χ1n) is 11.7. The molecule has 6 N–H and O–H groups in total. The summed E-state index contributed by atoms with van der Waals surface area (Å²) >= 11 is 12.6. The van der Waals surface area contributed by atoms with Gasteiger partial charge in [0, 0.05) is 0 Å². The van der Waals surface area contributed by atoms with E-state index in [9.17, 15) is 15.3 Å². The van der Waals surface area contributed by atoms with Crippen LogP contribution >= 0.6 is 46.5 Å². The second-order valence-electron chi connectivity index (χ2n) is 8.23. The molecule has 0 aromatic heterocycles.